The Bertz CT molecular complexity index is 499. The highest BCUT2D eigenvalue weighted by Crippen LogP contribution is 2.35. The Kier molecular flexibility index (Phi) is 3.39. The van der Waals surface area contributed by atoms with Gasteiger partial charge in [-0.25, -0.2) is 0 Å². The standard InChI is InChI=1S/C12H13N2PS/c13-15(16,12-9-5-2-6-10-12)14-11-7-3-1-4-8-11/h1-10H,(H3,13,14,16). The monoisotopic (exact) mass is 248 g/mol. The molecule has 0 spiro atoms. The Hall–Kier alpha value is -1.15. The first-order chi connectivity index (χ1) is 7.68. The molecule has 0 aliphatic rings. The number of benzene rings is 2. The number of nitrogens with two attached hydrogens (primary N) is 1. The summed E-state index contributed by atoms with van der Waals surface area (Å²) in [6, 6.07) is 19.6. The average Bonchev–Trinajstić information content (AvgIpc) is 2.31. The zero-order valence-electron chi connectivity index (χ0n) is 8.71. The molecule has 1 unspecified atom stereocenters. The normalized spacial score (nSPS) is 14.1. The lowest BCUT2D eigenvalue weighted by Gasteiger charge is -2.19. The summed E-state index contributed by atoms with van der Waals surface area (Å²) in [4.78, 5) is 0. The summed E-state index contributed by atoms with van der Waals surface area (Å²) in [6.45, 7) is 0. The van der Waals surface area contributed by atoms with Gasteiger partial charge in [0.05, 0.1) is 0 Å². The lowest BCUT2D eigenvalue weighted by molar-refractivity contribution is 1.65. The van der Waals surface area contributed by atoms with Crippen LogP contribution in [0.5, 0.6) is 0 Å². The van der Waals surface area contributed by atoms with Crippen LogP contribution < -0.4 is 15.9 Å². The Morgan fingerprint density at radius 3 is 1.94 bits per heavy atom. The van der Waals surface area contributed by atoms with Gasteiger partial charge in [0, 0.05) is 11.0 Å². The molecule has 0 aliphatic heterocycles. The van der Waals surface area contributed by atoms with Gasteiger partial charge in [0.2, 0.25) is 0 Å². The van der Waals surface area contributed by atoms with Gasteiger partial charge in [-0.3, -0.25) is 5.50 Å². The minimum atomic E-state index is -2.18. The molecule has 0 fully saturated rings. The van der Waals surface area contributed by atoms with Crippen LogP contribution in [-0.2, 0) is 11.8 Å². The van der Waals surface area contributed by atoms with E-state index in [1.54, 1.807) is 0 Å². The van der Waals surface area contributed by atoms with Crippen LogP contribution in [0.1, 0.15) is 0 Å². The zero-order valence-corrected chi connectivity index (χ0v) is 10.4. The summed E-state index contributed by atoms with van der Waals surface area (Å²) in [5.41, 5.74) is 7.15. The van der Waals surface area contributed by atoms with E-state index in [0.717, 1.165) is 11.0 Å². The first-order valence-corrected chi connectivity index (χ1v) is 7.83. The second kappa shape index (κ2) is 4.79. The maximum Gasteiger partial charge on any atom is 0.122 e. The van der Waals surface area contributed by atoms with E-state index in [1.807, 2.05) is 60.7 Å². The van der Waals surface area contributed by atoms with Crippen molar-refractivity contribution in [2.45, 2.75) is 0 Å². The Labute approximate surface area is 101 Å². The molecule has 3 N–H and O–H groups in total. The van der Waals surface area contributed by atoms with Gasteiger partial charge >= 0.3 is 0 Å². The van der Waals surface area contributed by atoms with Crippen molar-refractivity contribution >= 4 is 29.1 Å². The molecule has 0 radical (unpaired) electrons. The van der Waals surface area contributed by atoms with E-state index in [-0.39, 0.29) is 0 Å². The van der Waals surface area contributed by atoms with E-state index in [4.69, 9.17) is 17.3 Å². The third kappa shape index (κ3) is 2.70. The van der Waals surface area contributed by atoms with Crippen molar-refractivity contribution in [3.8, 4) is 0 Å². The van der Waals surface area contributed by atoms with Gasteiger partial charge in [-0.15, -0.1) is 0 Å². The molecule has 1 atom stereocenters. The molecular weight excluding hydrogens is 235 g/mol. The topological polar surface area (TPSA) is 38.0 Å². The maximum absolute atomic E-state index is 6.18. The number of hydrogen-bond donors (Lipinski definition) is 2. The van der Waals surface area contributed by atoms with Crippen LogP contribution >= 0.6 is 6.34 Å². The number of hydrogen-bond acceptors (Lipinski definition) is 1. The molecule has 0 saturated carbocycles. The largest absolute Gasteiger partial charge is 0.343 e. The predicted octanol–water partition coefficient (Wildman–Crippen LogP) is 2.69. The fourth-order valence-corrected chi connectivity index (χ4v) is 3.38. The fraction of sp³-hybridized carbons (Fsp3) is 0. The molecule has 2 aromatic rings. The molecule has 0 heterocycles. The number of para-hydroxylation sites is 1. The molecule has 4 heteroatoms. The summed E-state index contributed by atoms with van der Waals surface area (Å²) in [5, 5.41) is 4.23. The number of nitrogens with one attached hydrogen (secondary N) is 1. The van der Waals surface area contributed by atoms with Gasteiger partial charge < -0.3 is 5.09 Å². The Morgan fingerprint density at radius 2 is 1.38 bits per heavy atom. The van der Waals surface area contributed by atoms with Gasteiger partial charge in [-0.05, 0) is 12.1 Å². The van der Waals surface area contributed by atoms with Crippen LogP contribution in [0.25, 0.3) is 0 Å². The van der Waals surface area contributed by atoms with Crippen molar-refractivity contribution in [1.82, 2.24) is 0 Å². The molecule has 16 heavy (non-hydrogen) atoms. The molecular formula is C12H13N2PS. The smallest absolute Gasteiger partial charge is 0.122 e. The number of rotatable bonds is 3. The van der Waals surface area contributed by atoms with E-state index in [1.165, 1.54) is 0 Å². The summed E-state index contributed by atoms with van der Waals surface area (Å²) in [7, 11) is 0. The first-order valence-electron chi connectivity index (χ1n) is 4.96. The lowest BCUT2D eigenvalue weighted by atomic mass is 10.3. The van der Waals surface area contributed by atoms with Crippen molar-refractivity contribution in [2.75, 3.05) is 5.09 Å². The molecule has 2 nitrogen and oxygen atoms in total. The van der Waals surface area contributed by atoms with Crippen LogP contribution in [0.15, 0.2) is 60.7 Å². The summed E-state index contributed by atoms with van der Waals surface area (Å²) in [6.07, 6.45) is -2.18. The second-order valence-corrected chi connectivity index (χ2v) is 7.26. The highest BCUT2D eigenvalue weighted by atomic mass is 32.4. The third-order valence-electron chi connectivity index (χ3n) is 2.21. The Morgan fingerprint density at radius 1 is 0.875 bits per heavy atom. The minimum absolute atomic E-state index is 0.970. The first kappa shape index (κ1) is 11.3. The molecule has 2 aromatic carbocycles. The van der Waals surface area contributed by atoms with Crippen LogP contribution in [-0.4, -0.2) is 0 Å². The van der Waals surface area contributed by atoms with Crippen molar-refractivity contribution in [2.24, 2.45) is 5.50 Å². The van der Waals surface area contributed by atoms with Crippen molar-refractivity contribution < 1.29 is 0 Å². The molecule has 0 amide bonds. The van der Waals surface area contributed by atoms with E-state index in [0.29, 0.717) is 0 Å². The number of anilines is 1. The molecule has 82 valence electrons. The lowest BCUT2D eigenvalue weighted by Crippen LogP contribution is -2.17. The molecule has 0 aromatic heterocycles. The van der Waals surface area contributed by atoms with Gasteiger partial charge in [0.15, 0.2) is 0 Å². The maximum atomic E-state index is 6.18. The highest BCUT2D eigenvalue weighted by Gasteiger charge is 2.12. The third-order valence-corrected chi connectivity index (χ3v) is 4.77. The van der Waals surface area contributed by atoms with E-state index >= 15 is 0 Å². The summed E-state index contributed by atoms with van der Waals surface area (Å²) < 4.78 is 0. The summed E-state index contributed by atoms with van der Waals surface area (Å²) >= 11 is 5.47. The van der Waals surface area contributed by atoms with Crippen molar-refractivity contribution in [1.29, 1.82) is 0 Å². The van der Waals surface area contributed by atoms with E-state index in [9.17, 15) is 0 Å². The van der Waals surface area contributed by atoms with Crippen molar-refractivity contribution in [3.63, 3.8) is 0 Å². The molecule has 0 saturated heterocycles. The van der Waals surface area contributed by atoms with Gasteiger partial charge in [0.25, 0.3) is 0 Å². The van der Waals surface area contributed by atoms with E-state index < -0.39 is 6.34 Å². The average molecular weight is 248 g/mol. The molecule has 2 rings (SSSR count). The van der Waals surface area contributed by atoms with Crippen LogP contribution in [0.3, 0.4) is 0 Å². The van der Waals surface area contributed by atoms with Gasteiger partial charge in [-0.2, -0.15) is 0 Å². The van der Waals surface area contributed by atoms with Crippen LogP contribution in [0.2, 0.25) is 0 Å². The predicted molar refractivity (Wildman–Crippen MR) is 74.6 cm³/mol. The van der Waals surface area contributed by atoms with Crippen LogP contribution in [0, 0.1) is 0 Å². The van der Waals surface area contributed by atoms with Gasteiger partial charge in [0.1, 0.15) is 6.34 Å². The van der Waals surface area contributed by atoms with Crippen molar-refractivity contribution in [3.05, 3.63) is 60.7 Å². The minimum Gasteiger partial charge on any atom is -0.343 e. The van der Waals surface area contributed by atoms with Crippen LogP contribution in [0.4, 0.5) is 5.69 Å². The zero-order chi connectivity index (χ0) is 11.4. The SMILES string of the molecule is NP(=S)(Nc1ccccc1)c1ccccc1. The molecule has 0 bridgehead atoms. The molecule has 0 aliphatic carbocycles. The second-order valence-electron chi connectivity index (χ2n) is 3.47. The quantitative estimate of drug-likeness (QED) is 0.820. The van der Waals surface area contributed by atoms with E-state index in [2.05, 4.69) is 5.09 Å². The fourth-order valence-electron chi connectivity index (χ4n) is 1.42. The van der Waals surface area contributed by atoms with Gasteiger partial charge in [-0.1, -0.05) is 60.3 Å². The Balaban J connectivity index is 2.25. The highest BCUT2D eigenvalue weighted by molar-refractivity contribution is 8.17. The summed E-state index contributed by atoms with van der Waals surface area (Å²) in [5.74, 6) is 0.